The van der Waals surface area contributed by atoms with Crippen LogP contribution in [0.3, 0.4) is 0 Å². The number of aliphatic carboxylic acids is 2. The zero-order chi connectivity index (χ0) is 27.1. The molecule has 0 amide bonds. The zero-order valence-corrected chi connectivity index (χ0v) is 20.5. The Labute approximate surface area is 203 Å². The summed E-state index contributed by atoms with van der Waals surface area (Å²) in [5, 5.41) is 14.2. The smallest absolute Gasteiger partial charge is 0.475 e. The number of carboxylic acids is 2. The largest absolute Gasteiger partial charge is 0.490 e. The van der Waals surface area contributed by atoms with E-state index < -0.39 is 24.3 Å². The number of aryl methyl sites for hydroxylation is 1. The van der Waals surface area contributed by atoms with Crippen molar-refractivity contribution in [1.29, 1.82) is 0 Å². The molecule has 7 nitrogen and oxygen atoms in total. The molecule has 0 unspecified atom stereocenters. The van der Waals surface area contributed by atoms with E-state index in [1.54, 1.807) is 0 Å². The first-order chi connectivity index (χ1) is 15.9. The van der Waals surface area contributed by atoms with Crippen molar-refractivity contribution in [3.05, 3.63) is 21.9 Å². The molecule has 14 heteroatoms. The van der Waals surface area contributed by atoms with Crippen LogP contribution in [0.4, 0.5) is 26.3 Å². The molecule has 2 N–H and O–H groups in total. The highest BCUT2D eigenvalue weighted by Gasteiger charge is 2.42. The Morgan fingerprint density at radius 3 is 2.00 bits per heavy atom. The standard InChI is InChI=1S/C17H28N2OS.2C2HF3O2/c1-12(2)18(4)9-15-7-14-8-19(11-17(14)20-15)10-16-6-5-13(3)21-16;2*3-2(4,5)1(6)7/h5-6,12,14-15,17H,7-11H2,1-4H3;2*(H,6,7)/t14-,15-,17+;;/m1../s1. The van der Waals surface area contributed by atoms with Crippen LogP contribution in [0.1, 0.15) is 30.0 Å². The summed E-state index contributed by atoms with van der Waals surface area (Å²) in [5.41, 5.74) is 0. The van der Waals surface area contributed by atoms with Gasteiger partial charge in [0.05, 0.1) is 12.2 Å². The minimum Gasteiger partial charge on any atom is -0.475 e. The summed E-state index contributed by atoms with van der Waals surface area (Å²) in [7, 11) is 2.20. The van der Waals surface area contributed by atoms with Crippen LogP contribution in [-0.2, 0) is 20.9 Å². The zero-order valence-electron chi connectivity index (χ0n) is 19.7. The van der Waals surface area contributed by atoms with Crippen LogP contribution in [0.2, 0.25) is 0 Å². The van der Waals surface area contributed by atoms with E-state index in [1.807, 2.05) is 11.3 Å². The van der Waals surface area contributed by atoms with Crippen molar-refractivity contribution >= 4 is 23.3 Å². The van der Waals surface area contributed by atoms with E-state index in [2.05, 4.69) is 49.8 Å². The van der Waals surface area contributed by atoms with Crippen molar-refractivity contribution in [1.82, 2.24) is 9.80 Å². The second kappa shape index (κ2) is 12.9. The van der Waals surface area contributed by atoms with Crippen LogP contribution in [0.5, 0.6) is 0 Å². The molecule has 2 saturated heterocycles. The topological polar surface area (TPSA) is 90.3 Å². The molecule has 0 spiro atoms. The van der Waals surface area contributed by atoms with Gasteiger partial charge in [-0.25, -0.2) is 9.59 Å². The number of nitrogens with zero attached hydrogens (tertiary/aromatic N) is 2. The van der Waals surface area contributed by atoms with Gasteiger partial charge in [-0.3, -0.25) is 4.90 Å². The van der Waals surface area contributed by atoms with Crippen LogP contribution in [0, 0.1) is 12.8 Å². The number of ether oxygens (including phenoxy) is 1. The van der Waals surface area contributed by atoms with E-state index in [0.29, 0.717) is 18.2 Å². The number of carbonyl (C=O) groups is 2. The molecule has 35 heavy (non-hydrogen) atoms. The molecule has 3 heterocycles. The van der Waals surface area contributed by atoms with E-state index >= 15 is 0 Å². The van der Waals surface area contributed by atoms with E-state index in [4.69, 9.17) is 24.5 Å². The Morgan fingerprint density at radius 2 is 1.63 bits per heavy atom. The third-order valence-electron chi connectivity index (χ3n) is 5.42. The van der Waals surface area contributed by atoms with Crippen molar-refractivity contribution in [2.75, 3.05) is 26.7 Å². The van der Waals surface area contributed by atoms with E-state index in [1.165, 1.54) is 22.7 Å². The number of hydrogen-bond donors (Lipinski definition) is 2. The lowest BCUT2D eigenvalue weighted by Gasteiger charge is -2.25. The van der Waals surface area contributed by atoms with Gasteiger partial charge in [0.25, 0.3) is 0 Å². The molecule has 0 saturated carbocycles. The third kappa shape index (κ3) is 11.1. The summed E-state index contributed by atoms with van der Waals surface area (Å²) in [5.74, 6) is -4.77. The molecule has 2 aliphatic rings. The van der Waals surface area contributed by atoms with Gasteiger partial charge < -0.3 is 19.8 Å². The Hall–Kier alpha value is -1.90. The van der Waals surface area contributed by atoms with Gasteiger partial charge in [-0.15, -0.1) is 11.3 Å². The summed E-state index contributed by atoms with van der Waals surface area (Å²) in [4.78, 5) is 25.7. The molecule has 2 fully saturated rings. The Balaban J connectivity index is 0.000000362. The first kappa shape index (κ1) is 31.1. The van der Waals surface area contributed by atoms with Crippen molar-refractivity contribution in [2.24, 2.45) is 5.92 Å². The Kier molecular flexibility index (Phi) is 11.5. The normalized spacial score (nSPS) is 22.3. The van der Waals surface area contributed by atoms with Crippen LogP contribution in [0.15, 0.2) is 12.1 Å². The van der Waals surface area contributed by atoms with Crippen LogP contribution in [0.25, 0.3) is 0 Å². The molecule has 1 aromatic heterocycles. The molecule has 202 valence electrons. The number of likely N-dealkylation sites (N-methyl/N-ethyl adjacent to an activating group) is 1. The molecule has 1 aromatic rings. The van der Waals surface area contributed by atoms with Gasteiger partial charge in [-0.05, 0) is 46.4 Å². The van der Waals surface area contributed by atoms with Gasteiger partial charge in [0.15, 0.2) is 0 Å². The van der Waals surface area contributed by atoms with E-state index in [0.717, 1.165) is 25.6 Å². The van der Waals surface area contributed by atoms with Crippen LogP contribution in [-0.4, -0.2) is 89.2 Å². The molecule has 2 aliphatic heterocycles. The average Bonchev–Trinajstić information content (AvgIpc) is 3.36. The first-order valence-corrected chi connectivity index (χ1v) is 11.4. The maximum atomic E-state index is 10.6. The highest BCUT2D eigenvalue weighted by atomic mass is 32.1. The molecule has 0 aromatic carbocycles. The van der Waals surface area contributed by atoms with Crippen molar-refractivity contribution in [2.45, 2.75) is 64.3 Å². The number of likely N-dealkylation sites (tertiary alicyclic amines) is 1. The van der Waals surface area contributed by atoms with Crippen molar-refractivity contribution in [3.8, 4) is 0 Å². The molecule has 3 rings (SSSR count). The number of thiophene rings is 1. The van der Waals surface area contributed by atoms with Gasteiger partial charge in [-0.1, -0.05) is 0 Å². The minimum atomic E-state index is -5.08. The first-order valence-electron chi connectivity index (χ1n) is 10.6. The average molecular weight is 537 g/mol. The number of alkyl halides is 6. The van der Waals surface area contributed by atoms with Crippen LogP contribution >= 0.6 is 11.3 Å². The number of carboxylic acid groups (broad SMARTS) is 2. The SMILES string of the molecule is Cc1ccc(CN2C[C@H]3C[C@H](CN(C)C(C)C)O[C@H]3C2)s1.O=C(O)C(F)(F)F.O=C(O)C(F)(F)F. The second-order valence-corrected chi connectivity index (χ2v) is 10.0. The second-order valence-electron chi connectivity index (χ2n) is 8.64. The predicted octanol–water partition coefficient (Wildman–Crippen LogP) is 4.25. The summed E-state index contributed by atoms with van der Waals surface area (Å²) < 4.78 is 69.8. The van der Waals surface area contributed by atoms with Gasteiger partial charge in [0, 0.05) is 47.9 Å². The predicted molar refractivity (Wildman–Crippen MR) is 116 cm³/mol. The van der Waals surface area contributed by atoms with Crippen LogP contribution < -0.4 is 0 Å². The maximum Gasteiger partial charge on any atom is 0.490 e. The minimum absolute atomic E-state index is 0.443. The fourth-order valence-corrected chi connectivity index (χ4v) is 4.45. The molecule has 0 bridgehead atoms. The maximum absolute atomic E-state index is 10.6. The molecule has 0 aliphatic carbocycles. The molecule has 0 radical (unpaired) electrons. The van der Waals surface area contributed by atoms with Gasteiger partial charge in [-0.2, -0.15) is 26.3 Å². The van der Waals surface area contributed by atoms with Gasteiger partial charge >= 0.3 is 24.3 Å². The fourth-order valence-electron chi connectivity index (χ4n) is 3.52. The summed E-state index contributed by atoms with van der Waals surface area (Å²) in [6.45, 7) is 11.2. The number of fused-ring (bicyclic) bond motifs is 1. The summed E-state index contributed by atoms with van der Waals surface area (Å²) in [6, 6.07) is 5.10. The lowest BCUT2D eigenvalue weighted by molar-refractivity contribution is -0.193. The highest BCUT2D eigenvalue weighted by Crippen LogP contribution is 2.34. The fraction of sp³-hybridized carbons (Fsp3) is 0.714. The molecular formula is C21H30F6N2O5S. The van der Waals surface area contributed by atoms with Gasteiger partial charge in [0.1, 0.15) is 0 Å². The van der Waals surface area contributed by atoms with Crippen molar-refractivity contribution < 1.29 is 50.9 Å². The lowest BCUT2D eigenvalue weighted by Crippen LogP contribution is -2.35. The number of rotatable bonds is 5. The number of hydrogen-bond acceptors (Lipinski definition) is 6. The number of halogens is 6. The quantitative estimate of drug-likeness (QED) is 0.544. The van der Waals surface area contributed by atoms with Crippen molar-refractivity contribution in [3.63, 3.8) is 0 Å². The monoisotopic (exact) mass is 536 g/mol. The van der Waals surface area contributed by atoms with E-state index in [9.17, 15) is 26.3 Å². The molecular weight excluding hydrogens is 506 g/mol. The lowest BCUT2D eigenvalue weighted by atomic mass is 10.0. The third-order valence-corrected chi connectivity index (χ3v) is 6.41. The highest BCUT2D eigenvalue weighted by molar-refractivity contribution is 7.11. The summed E-state index contributed by atoms with van der Waals surface area (Å²) >= 11 is 1.93. The Morgan fingerprint density at radius 1 is 1.11 bits per heavy atom. The molecule has 3 atom stereocenters. The summed E-state index contributed by atoms with van der Waals surface area (Å²) in [6.07, 6.45) is -8.02. The van der Waals surface area contributed by atoms with E-state index in [-0.39, 0.29) is 0 Å². The Bertz CT molecular complexity index is 792. The van der Waals surface area contributed by atoms with Gasteiger partial charge in [0.2, 0.25) is 0 Å².